The van der Waals surface area contributed by atoms with Crippen molar-refractivity contribution in [3.05, 3.63) is 17.0 Å². The van der Waals surface area contributed by atoms with Crippen molar-refractivity contribution in [2.24, 2.45) is 5.92 Å². The highest BCUT2D eigenvalue weighted by Crippen LogP contribution is 2.30. The van der Waals surface area contributed by atoms with E-state index in [0.29, 0.717) is 6.04 Å². The van der Waals surface area contributed by atoms with Crippen LogP contribution in [0.5, 0.6) is 0 Å². The van der Waals surface area contributed by atoms with E-state index in [-0.39, 0.29) is 0 Å². The summed E-state index contributed by atoms with van der Waals surface area (Å²) in [5.74, 6) is 1.96. The van der Waals surface area contributed by atoms with Crippen LogP contribution in [0.3, 0.4) is 0 Å². The molecule has 3 nitrogen and oxygen atoms in total. The van der Waals surface area contributed by atoms with E-state index in [0.717, 1.165) is 16.3 Å². The third kappa shape index (κ3) is 3.18. The quantitative estimate of drug-likeness (QED) is 0.798. The van der Waals surface area contributed by atoms with E-state index in [9.17, 15) is 0 Å². The number of rotatable bonds is 3. The van der Waals surface area contributed by atoms with Crippen LogP contribution >= 0.6 is 15.9 Å². The number of nitrogens with zero attached hydrogens (tertiary/aromatic N) is 3. The van der Waals surface area contributed by atoms with Crippen molar-refractivity contribution >= 4 is 21.7 Å². The van der Waals surface area contributed by atoms with Crippen molar-refractivity contribution in [2.75, 3.05) is 11.9 Å². The second kappa shape index (κ2) is 5.80. The molecule has 17 heavy (non-hydrogen) atoms. The van der Waals surface area contributed by atoms with Crippen molar-refractivity contribution in [1.82, 2.24) is 9.97 Å². The Labute approximate surface area is 112 Å². The molecule has 0 aromatic carbocycles. The molecule has 1 heterocycles. The predicted octanol–water partition coefficient (Wildman–Crippen LogP) is 3.64. The lowest BCUT2D eigenvalue weighted by atomic mass is 9.84. The van der Waals surface area contributed by atoms with Crippen LogP contribution in [-0.2, 0) is 0 Å². The number of aromatic nitrogens is 2. The molecule has 4 heteroatoms. The maximum atomic E-state index is 4.34. The van der Waals surface area contributed by atoms with E-state index in [2.05, 4.69) is 44.8 Å². The van der Waals surface area contributed by atoms with E-state index in [1.165, 1.54) is 32.1 Å². The molecule has 1 aliphatic rings. The van der Waals surface area contributed by atoms with Gasteiger partial charge in [0, 0.05) is 19.2 Å². The zero-order valence-corrected chi connectivity index (χ0v) is 12.2. The molecule has 1 aromatic rings. The molecule has 1 aliphatic carbocycles. The Bertz CT molecular complexity index is 361. The molecule has 0 amide bonds. The Balaban J connectivity index is 1.99. The first-order valence-electron chi connectivity index (χ1n) is 6.41. The third-order valence-corrected chi connectivity index (χ3v) is 4.36. The summed E-state index contributed by atoms with van der Waals surface area (Å²) in [6, 6.07) is 2.63. The number of hydrogen-bond acceptors (Lipinski definition) is 3. The topological polar surface area (TPSA) is 29.0 Å². The average molecular weight is 298 g/mol. The smallest absolute Gasteiger partial charge is 0.133 e. The first-order chi connectivity index (χ1) is 8.20. The average Bonchev–Trinajstić information content (AvgIpc) is 2.38. The lowest BCUT2D eigenvalue weighted by Crippen LogP contribution is -2.35. The van der Waals surface area contributed by atoms with E-state index in [4.69, 9.17) is 0 Å². The molecule has 0 bridgehead atoms. The molecule has 1 saturated carbocycles. The van der Waals surface area contributed by atoms with Crippen molar-refractivity contribution in [3.63, 3.8) is 0 Å². The van der Waals surface area contributed by atoms with Crippen LogP contribution in [0.15, 0.2) is 17.0 Å². The number of halogens is 1. The maximum absolute atomic E-state index is 4.34. The van der Waals surface area contributed by atoms with Gasteiger partial charge in [-0.2, -0.15) is 0 Å². The molecule has 94 valence electrons. The van der Waals surface area contributed by atoms with Gasteiger partial charge in [0.2, 0.25) is 0 Å². The number of anilines is 1. The molecule has 1 fully saturated rings. The molecule has 1 aromatic heterocycles. The summed E-state index contributed by atoms with van der Waals surface area (Å²) >= 11 is 3.40. The molecule has 0 aliphatic heterocycles. The molecule has 0 atom stereocenters. The minimum Gasteiger partial charge on any atom is -0.357 e. The summed E-state index contributed by atoms with van der Waals surface area (Å²) in [6.07, 6.45) is 8.24. The van der Waals surface area contributed by atoms with Gasteiger partial charge in [-0.25, -0.2) is 9.97 Å². The largest absolute Gasteiger partial charge is 0.357 e. The predicted molar refractivity (Wildman–Crippen MR) is 74.2 cm³/mol. The molecule has 0 N–H and O–H groups in total. The summed E-state index contributed by atoms with van der Waals surface area (Å²) in [5.41, 5.74) is 0. The van der Waals surface area contributed by atoms with Crippen molar-refractivity contribution in [3.8, 4) is 0 Å². The van der Waals surface area contributed by atoms with Crippen LogP contribution in [0.25, 0.3) is 0 Å². The highest BCUT2D eigenvalue weighted by Gasteiger charge is 2.23. The second-order valence-corrected chi connectivity index (χ2v) is 5.71. The lowest BCUT2D eigenvalue weighted by molar-refractivity contribution is 0.313. The molecule has 2 rings (SSSR count). The Morgan fingerprint density at radius 3 is 2.59 bits per heavy atom. The number of hydrogen-bond donors (Lipinski definition) is 0. The van der Waals surface area contributed by atoms with Crippen molar-refractivity contribution < 1.29 is 0 Å². The molecular weight excluding hydrogens is 278 g/mol. The fourth-order valence-electron chi connectivity index (χ4n) is 2.64. The highest BCUT2D eigenvalue weighted by molar-refractivity contribution is 9.10. The molecule has 0 saturated heterocycles. The van der Waals surface area contributed by atoms with Gasteiger partial charge in [-0.15, -0.1) is 0 Å². The third-order valence-electron chi connectivity index (χ3n) is 3.92. The zero-order chi connectivity index (χ0) is 12.3. The summed E-state index contributed by atoms with van der Waals surface area (Å²) in [4.78, 5) is 10.7. The van der Waals surface area contributed by atoms with Gasteiger partial charge in [-0.05, 0) is 47.5 Å². The maximum Gasteiger partial charge on any atom is 0.133 e. The Hall–Kier alpha value is -0.640. The second-order valence-electron chi connectivity index (χ2n) is 4.89. The van der Waals surface area contributed by atoms with Crippen molar-refractivity contribution in [2.45, 2.75) is 45.1 Å². The standard InChI is InChI=1S/C13H20BrN3/c1-3-10-4-6-11(7-5-10)17(2)13-8-12(14)15-9-16-13/h8-11H,3-7H2,1-2H3. The summed E-state index contributed by atoms with van der Waals surface area (Å²) < 4.78 is 0.858. The fourth-order valence-corrected chi connectivity index (χ4v) is 2.94. The van der Waals surface area contributed by atoms with Crippen LogP contribution in [0.1, 0.15) is 39.0 Å². The SMILES string of the molecule is CCC1CCC(N(C)c2cc(Br)ncn2)CC1. The highest BCUT2D eigenvalue weighted by atomic mass is 79.9. The molecule has 0 radical (unpaired) electrons. The van der Waals surface area contributed by atoms with Crippen LogP contribution in [0.2, 0.25) is 0 Å². The van der Waals surface area contributed by atoms with Crippen LogP contribution in [0.4, 0.5) is 5.82 Å². The molecule has 0 unspecified atom stereocenters. The molecular formula is C13H20BrN3. The summed E-state index contributed by atoms with van der Waals surface area (Å²) in [6.45, 7) is 2.30. The summed E-state index contributed by atoms with van der Waals surface area (Å²) in [5, 5.41) is 0. The normalized spacial score (nSPS) is 24.6. The zero-order valence-electron chi connectivity index (χ0n) is 10.6. The van der Waals surface area contributed by atoms with E-state index >= 15 is 0 Å². The van der Waals surface area contributed by atoms with Gasteiger partial charge < -0.3 is 4.90 Å². The van der Waals surface area contributed by atoms with Gasteiger partial charge >= 0.3 is 0 Å². The van der Waals surface area contributed by atoms with Crippen molar-refractivity contribution in [1.29, 1.82) is 0 Å². The van der Waals surface area contributed by atoms with Crippen LogP contribution in [0, 0.1) is 5.92 Å². The Kier molecular flexibility index (Phi) is 4.37. The van der Waals surface area contributed by atoms with Gasteiger partial charge in [-0.3, -0.25) is 0 Å². The Morgan fingerprint density at radius 1 is 1.29 bits per heavy atom. The van der Waals surface area contributed by atoms with Gasteiger partial charge in [0.1, 0.15) is 16.7 Å². The minimum absolute atomic E-state index is 0.639. The van der Waals surface area contributed by atoms with Crippen LogP contribution in [-0.4, -0.2) is 23.1 Å². The monoisotopic (exact) mass is 297 g/mol. The van der Waals surface area contributed by atoms with Gasteiger partial charge in [-0.1, -0.05) is 13.3 Å². The van der Waals surface area contributed by atoms with E-state index in [1.807, 2.05) is 6.07 Å². The van der Waals surface area contributed by atoms with Gasteiger partial charge in [0.05, 0.1) is 0 Å². The molecule has 0 spiro atoms. The van der Waals surface area contributed by atoms with E-state index in [1.54, 1.807) is 6.33 Å². The van der Waals surface area contributed by atoms with E-state index < -0.39 is 0 Å². The van der Waals surface area contributed by atoms with Crippen LogP contribution < -0.4 is 4.90 Å². The Morgan fingerprint density at radius 2 is 2.00 bits per heavy atom. The summed E-state index contributed by atoms with van der Waals surface area (Å²) in [7, 11) is 2.14. The lowest BCUT2D eigenvalue weighted by Gasteiger charge is -2.35. The van der Waals surface area contributed by atoms with Gasteiger partial charge in [0.25, 0.3) is 0 Å². The minimum atomic E-state index is 0.639. The first kappa shape index (κ1) is 12.8. The fraction of sp³-hybridized carbons (Fsp3) is 0.692. The van der Waals surface area contributed by atoms with Gasteiger partial charge in [0.15, 0.2) is 0 Å². The first-order valence-corrected chi connectivity index (χ1v) is 7.20.